The minimum atomic E-state index is -0.781. The molecule has 2 aromatic rings. The highest BCUT2D eigenvalue weighted by Gasteiger charge is 2.27. The summed E-state index contributed by atoms with van der Waals surface area (Å²) >= 11 is 1.44. The molecular formula is C13H13N3O4S. The second-order valence-electron chi connectivity index (χ2n) is 5.03. The van der Waals surface area contributed by atoms with Gasteiger partial charge in [-0.2, -0.15) is 0 Å². The fraction of sp³-hybridized carbons (Fsp3) is 0.385. The number of fused-ring (bicyclic) bond motifs is 1. The van der Waals surface area contributed by atoms with Crippen LogP contribution in [0.5, 0.6) is 0 Å². The lowest BCUT2D eigenvalue weighted by Gasteiger charge is -2.30. The molecule has 0 unspecified atom stereocenters. The minimum Gasteiger partial charge on any atom is -0.481 e. The summed E-state index contributed by atoms with van der Waals surface area (Å²) in [5.41, 5.74) is 0.600. The Morgan fingerprint density at radius 1 is 1.52 bits per heavy atom. The van der Waals surface area contributed by atoms with E-state index in [-0.39, 0.29) is 11.6 Å². The molecule has 1 saturated heterocycles. The number of carbonyl (C=O) groups is 1. The number of rotatable bonds is 3. The maximum atomic E-state index is 11.1. The Balaban J connectivity index is 1.90. The molecule has 0 radical (unpaired) electrons. The summed E-state index contributed by atoms with van der Waals surface area (Å²) in [4.78, 5) is 27.8. The van der Waals surface area contributed by atoms with Crippen LogP contribution in [0.15, 0.2) is 18.2 Å². The van der Waals surface area contributed by atoms with Gasteiger partial charge in [0, 0.05) is 25.2 Å². The van der Waals surface area contributed by atoms with Gasteiger partial charge in [0.1, 0.15) is 0 Å². The van der Waals surface area contributed by atoms with Gasteiger partial charge in [-0.25, -0.2) is 4.98 Å². The first-order chi connectivity index (χ1) is 10.0. The fourth-order valence-electron chi connectivity index (χ4n) is 2.50. The van der Waals surface area contributed by atoms with Crippen molar-refractivity contribution in [2.45, 2.75) is 12.8 Å². The Bertz CT molecular complexity index is 715. The Morgan fingerprint density at radius 3 is 3.05 bits per heavy atom. The highest BCUT2D eigenvalue weighted by Crippen LogP contribution is 2.33. The van der Waals surface area contributed by atoms with Gasteiger partial charge in [-0.15, -0.1) is 0 Å². The van der Waals surface area contributed by atoms with E-state index in [2.05, 4.69) is 4.98 Å². The lowest BCUT2D eigenvalue weighted by Crippen LogP contribution is -2.38. The van der Waals surface area contributed by atoms with Crippen LogP contribution in [0.3, 0.4) is 0 Å². The van der Waals surface area contributed by atoms with E-state index in [1.54, 1.807) is 6.07 Å². The van der Waals surface area contributed by atoms with Crippen LogP contribution in [-0.4, -0.2) is 34.1 Å². The van der Waals surface area contributed by atoms with E-state index in [9.17, 15) is 14.9 Å². The molecule has 0 aliphatic carbocycles. The third-order valence-corrected chi connectivity index (χ3v) is 4.71. The quantitative estimate of drug-likeness (QED) is 0.691. The van der Waals surface area contributed by atoms with Gasteiger partial charge in [-0.3, -0.25) is 14.9 Å². The van der Waals surface area contributed by atoms with Crippen molar-refractivity contribution in [2.75, 3.05) is 18.0 Å². The smallest absolute Gasteiger partial charge is 0.308 e. The molecule has 2 heterocycles. The van der Waals surface area contributed by atoms with E-state index in [1.165, 1.54) is 23.5 Å². The van der Waals surface area contributed by atoms with Crippen molar-refractivity contribution in [3.8, 4) is 0 Å². The van der Waals surface area contributed by atoms with E-state index in [0.29, 0.717) is 18.5 Å². The zero-order valence-electron chi connectivity index (χ0n) is 11.1. The van der Waals surface area contributed by atoms with Crippen LogP contribution in [0, 0.1) is 16.0 Å². The summed E-state index contributed by atoms with van der Waals surface area (Å²) in [6.07, 6.45) is 1.50. The topological polar surface area (TPSA) is 96.6 Å². The number of hydrogen-bond acceptors (Lipinski definition) is 6. The molecule has 21 heavy (non-hydrogen) atoms. The van der Waals surface area contributed by atoms with Crippen molar-refractivity contribution in [3.63, 3.8) is 0 Å². The van der Waals surface area contributed by atoms with Gasteiger partial charge in [-0.1, -0.05) is 11.3 Å². The Labute approximate surface area is 124 Å². The number of benzene rings is 1. The molecule has 1 aliphatic rings. The van der Waals surface area contributed by atoms with Crippen LogP contribution in [0.2, 0.25) is 0 Å². The van der Waals surface area contributed by atoms with Crippen molar-refractivity contribution in [1.82, 2.24) is 4.98 Å². The van der Waals surface area contributed by atoms with Gasteiger partial charge < -0.3 is 10.0 Å². The van der Waals surface area contributed by atoms with Gasteiger partial charge in [-0.05, 0) is 18.9 Å². The largest absolute Gasteiger partial charge is 0.481 e. The van der Waals surface area contributed by atoms with Crippen LogP contribution in [-0.2, 0) is 4.79 Å². The number of thiazole rings is 1. The van der Waals surface area contributed by atoms with Gasteiger partial charge in [0.05, 0.1) is 21.1 Å². The number of nitrogens with zero attached hydrogens (tertiary/aromatic N) is 3. The monoisotopic (exact) mass is 307 g/mol. The molecule has 0 amide bonds. The number of aromatic nitrogens is 1. The third kappa shape index (κ3) is 2.66. The first-order valence-corrected chi connectivity index (χ1v) is 7.39. The summed E-state index contributed by atoms with van der Waals surface area (Å²) in [6.45, 7) is 1.21. The Kier molecular flexibility index (Phi) is 3.46. The molecule has 0 spiro atoms. The predicted octanol–water partition coefficient (Wildman–Crippen LogP) is 2.51. The molecule has 1 aliphatic heterocycles. The maximum Gasteiger partial charge on any atom is 0.308 e. The number of aliphatic carboxylic acids is 1. The molecule has 0 bridgehead atoms. The molecule has 1 N–H and O–H groups in total. The van der Waals surface area contributed by atoms with Gasteiger partial charge in [0.25, 0.3) is 5.69 Å². The van der Waals surface area contributed by atoms with Gasteiger partial charge in [0.15, 0.2) is 5.13 Å². The second-order valence-corrected chi connectivity index (χ2v) is 6.04. The average molecular weight is 307 g/mol. The van der Waals surface area contributed by atoms with Crippen molar-refractivity contribution in [2.24, 2.45) is 5.92 Å². The highest BCUT2D eigenvalue weighted by atomic mass is 32.1. The standard InChI is InChI=1S/C13H13N3O4S/c17-12(18)8-2-1-5-15(7-8)13-14-10-6-9(16(19)20)3-4-11(10)21-13/h3-4,6,8H,1-2,5,7H2,(H,17,18)/t8-/m1/s1. The van der Waals surface area contributed by atoms with E-state index in [1.807, 2.05) is 4.90 Å². The third-order valence-electron chi connectivity index (χ3n) is 3.61. The molecule has 110 valence electrons. The van der Waals surface area contributed by atoms with Crippen LogP contribution in [0.4, 0.5) is 10.8 Å². The number of nitro benzene ring substituents is 1. The van der Waals surface area contributed by atoms with Crippen molar-refractivity contribution >= 4 is 38.3 Å². The number of non-ortho nitro benzene ring substituents is 1. The fourth-order valence-corrected chi connectivity index (χ4v) is 3.49. The van der Waals surface area contributed by atoms with E-state index < -0.39 is 10.9 Å². The molecular weight excluding hydrogens is 294 g/mol. The number of hydrogen-bond donors (Lipinski definition) is 1. The van der Waals surface area contributed by atoms with E-state index in [4.69, 9.17) is 5.11 Å². The molecule has 8 heteroatoms. The molecule has 0 saturated carbocycles. The maximum absolute atomic E-state index is 11.1. The first-order valence-electron chi connectivity index (χ1n) is 6.57. The first kappa shape index (κ1) is 13.7. The molecule has 1 aromatic heterocycles. The molecule has 1 aromatic carbocycles. The second kappa shape index (κ2) is 5.28. The molecule has 1 fully saturated rings. The lowest BCUT2D eigenvalue weighted by atomic mass is 9.99. The van der Waals surface area contributed by atoms with Crippen molar-refractivity contribution in [1.29, 1.82) is 0 Å². The highest BCUT2D eigenvalue weighted by molar-refractivity contribution is 7.22. The summed E-state index contributed by atoms with van der Waals surface area (Å²) < 4.78 is 0.869. The molecule has 3 rings (SSSR count). The van der Waals surface area contributed by atoms with Crippen LogP contribution in [0.25, 0.3) is 10.2 Å². The molecule has 7 nitrogen and oxygen atoms in total. The van der Waals surface area contributed by atoms with Crippen LogP contribution < -0.4 is 4.90 Å². The van der Waals surface area contributed by atoms with Crippen LogP contribution in [0.1, 0.15) is 12.8 Å². The number of carboxylic acid groups (broad SMARTS) is 1. The normalized spacial score (nSPS) is 18.9. The Morgan fingerprint density at radius 2 is 2.33 bits per heavy atom. The lowest BCUT2D eigenvalue weighted by molar-refractivity contribution is -0.384. The predicted molar refractivity (Wildman–Crippen MR) is 78.8 cm³/mol. The summed E-state index contributed by atoms with van der Waals surface area (Å²) in [6, 6.07) is 4.60. The summed E-state index contributed by atoms with van der Waals surface area (Å²) in [7, 11) is 0. The van der Waals surface area contributed by atoms with E-state index in [0.717, 1.165) is 22.8 Å². The number of nitro groups is 1. The zero-order chi connectivity index (χ0) is 15.0. The summed E-state index contributed by atoms with van der Waals surface area (Å²) in [5, 5.41) is 20.6. The summed E-state index contributed by atoms with van der Waals surface area (Å²) in [5.74, 6) is -1.16. The zero-order valence-corrected chi connectivity index (χ0v) is 11.9. The van der Waals surface area contributed by atoms with E-state index >= 15 is 0 Å². The number of carboxylic acids is 1. The molecule has 1 atom stereocenters. The minimum absolute atomic E-state index is 0.0152. The number of piperidine rings is 1. The van der Waals surface area contributed by atoms with Crippen molar-refractivity contribution < 1.29 is 14.8 Å². The van der Waals surface area contributed by atoms with Crippen molar-refractivity contribution in [3.05, 3.63) is 28.3 Å². The number of anilines is 1. The SMILES string of the molecule is O=C(O)[C@@H]1CCCN(c2nc3cc([N+](=O)[O-])ccc3s2)C1. The van der Waals surface area contributed by atoms with Crippen LogP contribution >= 0.6 is 11.3 Å². The van der Waals surface area contributed by atoms with Gasteiger partial charge in [0.2, 0.25) is 0 Å². The average Bonchev–Trinajstić information content (AvgIpc) is 2.90. The van der Waals surface area contributed by atoms with Gasteiger partial charge >= 0.3 is 5.97 Å². The Hall–Kier alpha value is -2.22.